The second-order valence-electron chi connectivity index (χ2n) is 4.39. The lowest BCUT2D eigenvalue weighted by Gasteiger charge is -2.30. The molecule has 0 aliphatic rings. The van der Waals surface area contributed by atoms with E-state index in [4.69, 9.17) is 0 Å². The highest BCUT2D eigenvalue weighted by Crippen LogP contribution is 2.52. The van der Waals surface area contributed by atoms with Crippen LogP contribution in [0.25, 0.3) is 0 Å². The molecule has 0 radical (unpaired) electrons. The van der Waals surface area contributed by atoms with Gasteiger partial charge in [0.15, 0.2) is 0 Å². The Bertz CT molecular complexity index is 446. The fourth-order valence-electron chi connectivity index (χ4n) is 1.63. The van der Waals surface area contributed by atoms with E-state index in [1.807, 2.05) is 0 Å². The molecule has 1 aromatic rings. The van der Waals surface area contributed by atoms with Crippen LogP contribution in [-0.2, 0) is 5.92 Å². The van der Waals surface area contributed by atoms with E-state index >= 15 is 0 Å². The van der Waals surface area contributed by atoms with Crippen LogP contribution in [0.3, 0.4) is 0 Å². The highest BCUT2D eigenvalue weighted by atomic mass is 19.4. The van der Waals surface area contributed by atoms with Crippen LogP contribution in [0.15, 0.2) is 24.3 Å². The van der Waals surface area contributed by atoms with Gasteiger partial charge in [0.25, 0.3) is 0 Å². The molecular formula is C12H11F7. The van der Waals surface area contributed by atoms with Crippen molar-refractivity contribution in [2.45, 2.75) is 37.8 Å². The lowest BCUT2D eigenvalue weighted by Crippen LogP contribution is -2.50. The van der Waals surface area contributed by atoms with Crippen LogP contribution in [0.1, 0.15) is 30.9 Å². The first-order valence-electron chi connectivity index (χ1n) is 5.34. The molecule has 7 heteroatoms. The van der Waals surface area contributed by atoms with Crippen LogP contribution in [-0.4, -0.2) is 12.1 Å². The maximum atomic E-state index is 13.6. The Labute approximate surface area is 105 Å². The topological polar surface area (TPSA) is 0 Å². The molecule has 0 atom stereocenters. The van der Waals surface area contributed by atoms with Crippen LogP contribution in [0.4, 0.5) is 30.7 Å². The van der Waals surface area contributed by atoms with Crippen molar-refractivity contribution in [1.82, 2.24) is 0 Å². The lowest BCUT2D eigenvalue weighted by molar-refractivity contribution is -0.359. The molecule has 0 bridgehead atoms. The average molecular weight is 288 g/mol. The van der Waals surface area contributed by atoms with Crippen LogP contribution in [0.5, 0.6) is 0 Å². The number of alkyl halides is 7. The normalized spacial score (nSPS) is 14.0. The molecule has 19 heavy (non-hydrogen) atoms. The van der Waals surface area contributed by atoms with Gasteiger partial charge in [-0.15, -0.1) is 0 Å². The summed E-state index contributed by atoms with van der Waals surface area (Å²) in [5.41, 5.74) is -1.54. The molecule has 0 fully saturated rings. The first kappa shape index (κ1) is 15.8. The second kappa shape index (κ2) is 4.68. The van der Waals surface area contributed by atoms with Gasteiger partial charge in [-0.2, -0.15) is 30.7 Å². The second-order valence-corrected chi connectivity index (χ2v) is 4.39. The minimum absolute atomic E-state index is 0.239. The molecule has 0 N–H and O–H groups in total. The lowest BCUT2D eigenvalue weighted by atomic mass is 9.90. The third-order valence-electron chi connectivity index (χ3n) is 2.67. The van der Waals surface area contributed by atoms with Crippen molar-refractivity contribution in [3.8, 4) is 0 Å². The van der Waals surface area contributed by atoms with Crippen molar-refractivity contribution >= 4 is 0 Å². The summed E-state index contributed by atoms with van der Waals surface area (Å²) in [6.45, 7) is 2.86. The summed E-state index contributed by atoms with van der Waals surface area (Å²) in [6, 6.07) is 4.01. The summed E-state index contributed by atoms with van der Waals surface area (Å²) in [5.74, 6) is -12.0. The molecule has 0 saturated heterocycles. The maximum absolute atomic E-state index is 13.6. The predicted molar refractivity (Wildman–Crippen MR) is 55.4 cm³/mol. The van der Waals surface area contributed by atoms with Gasteiger partial charge in [-0.05, 0) is 11.5 Å². The predicted octanol–water partition coefficient (Wildman–Crippen LogP) is 5.10. The van der Waals surface area contributed by atoms with Gasteiger partial charge >= 0.3 is 18.0 Å². The van der Waals surface area contributed by atoms with E-state index < -0.39 is 29.5 Å². The molecule has 0 aromatic heterocycles. The monoisotopic (exact) mass is 288 g/mol. The van der Waals surface area contributed by atoms with Crippen molar-refractivity contribution in [2.75, 3.05) is 0 Å². The Balaban J connectivity index is 3.44. The summed E-state index contributed by atoms with van der Waals surface area (Å²) < 4.78 is 89.4. The SMILES string of the molecule is CC(C)c1ccccc1C(F)(F)C(F)(F)C(F)(F)F. The zero-order valence-corrected chi connectivity index (χ0v) is 10.0. The summed E-state index contributed by atoms with van der Waals surface area (Å²) in [5, 5.41) is 0. The van der Waals surface area contributed by atoms with Gasteiger partial charge in [0.2, 0.25) is 0 Å². The smallest absolute Gasteiger partial charge is 0.194 e. The maximum Gasteiger partial charge on any atom is 0.460 e. The van der Waals surface area contributed by atoms with Gasteiger partial charge < -0.3 is 0 Å². The van der Waals surface area contributed by atoms with Gasteiger partial charge in [0.05, 0.1) is 0 Å². The van der Waals surface area contributed by atoms with Gasteiger partial charge in [0.1, 0.15) is 0 Å². The first-order valence-corrected chi connectivity index (χ1v) is 5.34. The molecule has 0 aliphatic heterocycles. The van der Waals surface area contributed by atoms with Gasteiger partial charge in [-0.3, -0.25) is 0 Å². The standard InChI is InChI=1S/C12H11F7/c1-7(2)8-5-3-4-6-9(8)10(13,14)11(15,16)12(17,18)19/h3-7H,1-2H3. The van der Waals surface area contributed by atoms with E-state index in [-0.39, 0.29) is 5.56 Å². The van der Waals surface area contributed by atoms with Gasteiger partial charge in [0, 0.05) is 5.56 Å². The van der Waals surface area contributed by atoms with Crippen molar-refractivity contribution in [2.24, 2.45) is 0 Å². The minimum Gasteiger partial charge on any atom is -0.194 e. The Morgan fingerprint density at radius 1 is 0.842 bits per heavy atom. The van der Waals surface area contributed by atoms with Crippen molar-refractivity contribution in [3.63, 3.8) is 0 Å². The zero-order chi connectivity index (χ0) is 15.1. The van der Waals surface area contributed by atoms with E-state index in [1.54, 1.807) is 0 Å². The zero-order valence-electron chi connectivity index (χ0n) is 10.0. The molecule has 0 heterocycles. The van der Waals surface area contributed by atoms with Gasteiger partial charge in [-0.1, -0.05) is 38.1 Å². The number of rotatable bonds is 3. The van der Waals surface area contributed by atoms with Crippen molar-refractivity contribution < 1.29 is 30.7 Å². The third kappa shape index (κ3) is 2.55. The van der Waals surface area contributed by atoms with E-state index in [1.165, 1.54) is 19.9 Å². The Morgan fingerprint density at radius 3 is 1.74 bits per heavy atom. The van der Waals surface area contributed by atoms with Crippen LogP contribution < -0.4 is 0 Å². The summed E-state index contributed by atoms with van der Waals surface area (Å²) in [6.07, 6.45) is -6.32. The molecule has 0 spiro atoms. The molecular weight excluding hydrogens is 277 g/mol. The number of hydrogen-bond donors (Lipinski definition) is 0. The highest BCUT2D eigenvalue weighted by Gasteiger charge is 2.73. The van der Waals surface area contributed by atoms with E-state index in [2.05, 4.69) is 0 Å². The Kier molecular flexibility index (Phi) is 3.89. The molecule has 0 aliphatic carbocycles. The molecule has 0 unspecified atom stereocenters. The van der Waals surface area contributed by atoms with Gasteiger partial charge in [-0.25, -0.2) is 0 Å². The number of hydrogen-bond acceptors (Lipinski definition) is 0. The van der Waals surface area contributed by atoms with Crippen LogP contribution in [0, 0.1) is 0 Å². The van der Waals surface area contributed by atoms with Crippen molar-refractivity contribution in [1.29, 1.82) is 0 Å². The Morgan fingerprint density at radius 2 is 1.32 bits per heavy atom. The third-order valence-corrected chi connectivity index (χ3v) is 2.67. The van der Waals surface area contributed by atoms with Crippen LogP contribution in [0.2, 0.25) is 0 Å². The molecule has 108 valence electrons. The molecule has 0 amide bonds. The summed E-state index contributed by atoms with van der Waals surface area (Å²) in [4.78, 5) is 0. The molecule has 1 rings (SSSR count). The quantitative estimate of drug-likeness (QED) is 0.679. The minimum atomic E-state index is -6.32. The fraction of sp³-hybridized carbons (Fsp3) is 0.500. The molecule has 0 nitrogen and oxygen atoms in total. The van der Waals surface area contributed by atoms with E-state index in [0.717, 1.165) is 12.1 Å². The molecule has 0 saturated carbocycles. The number of halogens is 7. The Hall–Kier alpha value is -1.27. The van der Waals surface area contributed by atoms with Crippen molar-refractivity contribution in [3.05, 3.63) is 35.4 Å². The number of benzene rings is 1. The van der Waals surface area contributed by atoms with E-state index in [9.17, 15) is 30.7 Å². The summed E-state index contributed by atoms with van der Waals surface area (Å²) >= 11 is 0. The largest absolute Gasteiger partial charge is 0.460 e. The van der Waals surface area contributed by atoms with E-state index in [0.29, 0.717) is 6.07 Å². The summed E-state index contributed by atoms with van der Waals surface area (Å²) in [7, 11) is 0. The van der Waals surface area contributed by atoms with Crippen LogP contribution >= 0.6 is 0 Å². The average Bonchev–Trinajstić information content (AvgIpc) is 2.27. The fourth-order valence-corrected chi connectivity index (χ4v) is 1.63. The molecule has 1 aromatic carbocycles. The first-order chi connectivity index (χ1) is 8.43. The highest BCUT2D eigenvalue weighted by molar-refractivity contribution is 5.35.